The summed E-state index contributed by atoms with van der Waals surface area (Å²) in [5.41, 5.74) is 0.500. The van der Waals surface area contributed by atoms with E-state index in [9.17, 15) is 9.90 Å². The molecule has 6 nitrogen and oxygen atoms in total. The van der Waals surface area contributed by atoms with E-state index in [1.165, 1.54) is 13.2 Å². The third kappa shape index (κ3) is 1.78. The predicted octanol–water partition coefficient (Wildman–Crippen LogP) is 3.42. The molecule has 2 aromatic heterocycles. The molecule has 4 rings (SSSR count). The molecule has 0 spiro atoms. The van der Waals surface area contributed by atoms with Gasteiger partial charge >= 0.3 is 5.63 Å². The lowest BCUT2D eigenvalue weighted by atomic mass is 10.1. The second kappa shape index (κ2) is 4.67. The van der Waals surface area contributed by atoms with Crippen LogP contribution in [0.2, 0.25) is 0 Å². The van der Waals surface area contributed by atoms with Gasteiger partial charge in [0.15, 0.2) is 16.9 Å². The van der Waals surface area contributed by atoms with E-state index in [1.54, 1.807) is 31.4 Å². The van der Waals surface area contributed by atoms with Crippen molar-refractivity contribution in [3.05, 3.63) is 40.8 Å². The number of rotatable bonds is 2. The summed E-state index contributed by atoms with van der Waals surface area (Å²) in [5, 5.41) is 11.4. The molecule has 0 bridgehead atoms. The van der Waals surface area contributed by atoms with Crippen LogP contribution in [0.1, 0.15) is 0 Å². The summed E-state index contributed by atoms with van der Waals surface area (Å²) in [5.74, 6) is 0.611. The molecule has 0 unspecified atom stereocenters. The molecule has 0 atom stereocenters. The molecule has 23 heavy (non-hydrogen) atoms. The summed E-state index contributed by atoms with van der Waals surface area (Å²) >= 11 is 0. The molecular weight excluding hydrogens is 300 g/mol. The summed E-state index contributed by atoms with van der Waals surface area (Å²) in [6, 6.07) is 8.30. The summed E-state index contributed by atoms with van der Waals surface area (Å²) in [6.07, 6.45) is 0. The number of phenolic OH excluding ortho intramolecular Hbond substituents is 1. The van der Waals surface area contributed by atoms with E-state index in [0.29, 0.717) is 33.1 Å². The largest absolute Gasteiger partial charge is 0.504 e. The fourth-order valence-electron chi connectivity index (χ4n) is 2.77. The van der Waals surface area contributed by atoms with Gasteiger partial charge in [-0.25, -0.2) is 4.79 Å². The average Bonchev–Trinajstić information content (AvgIpc) is 2.93. The van der Waals surface area contributed by atoms with E-state index < -0.39 is 5.63 Å². The number of aromatic hydroxyl groups is 1. The third-order valence-electron chi connectivity index (χ3n) is 3.84. The van der Waals surface area contributed by atoms with E-state index in [4.69, 9.17) is 18.3 Å². The molecule has 1 N–H and O–H groups in total. The van der Waals surface area contributed by atoms with Gasteiger partial charge in [0, 0.05) is 11.5 Å². The molecule has 2 heterocycles. The minimum Gasteiger partial charge on any atom is -0.504 e. The summed E-state index contributed by atoms with van der Waals surface area (Å²) in [6.45, 7) is 0. The first kappa shape index (κ1) is 13.5. The van der Waals surface area contributed by atoms with E-state index in [0.717, 1.165) is 0 Å². The first-order chi connectivity index (χ1) is 11.1. The summed E-state index contributed by atoms with van der Waals surface area (Å²) in [4.78, 5) is 12.4. The molecule has 2 aromatic carbocycles. The Morgan fingerprint density at radius 3 is 2.48 bits per heavy atom. The van der Waals surface area contributed by atoms with Crippen LogP contribution < -0.4 is 15.1 Å². The Kier molecular flexibility index (Phi) is 2.74. The summed E-state index contributed by atoms with van der Waals surface area (Å²) in [7, 11) is 2.95. The second-order valence-electron chi connectivity index (χ2n) is 5.05. The van der Waals surface area contributed by atoms with Crippen LogP contribution in [0, 0.1) is 0 Å². The van der Waals surface area contributed by atoms with E-state index in [1.807, 2.05) is 0 Å². The van der Waals surface area contributed by atoms with Gasteiger partial charge in [-0.2, -0.15) is 0 Å². The lowest BCUT2D eigenvalue weighted by Crippen LogP contribution is -1.99. The van der Waals surface area contributed by atoms with Gasteiger partial charge in [0.2, 0.25) is 5.75 Å². The maximum atomic E-state index is 12.4. The van der Waals surface area contributed by atoms with E-state index in [2.05, 4.69) is 0 Å². The van der Waals surface area contributed by atoms with Gasteiger partial charge in [-0.1, -0.05) is 0 Å². The number of phenols is 1. The Morgan fingerprint density at radius 1 is 0.957 bits per heavy atom. The zero-order valence-electron chi connectivity index (χ0n) is 12.4. The average molecular weight is 312 g/mol. The lowest BCUT2D eigenvalue weighted by Gasteiger charge is -2.05. The zero-order valence-corrected chi connectivity index (χ0v) is 12.4. The lowest BCUT2D eigenvalue weighted by molar-refractivity contribution is 0.369. The van der Waals surface area contributed by atoms with Gasteiger partial charge < -0.3 is 23.4 Å². The minimum absolute atomic E-state index is 0.0968. The van der Waals surface area contributed by atoms with Gasteiger partial charge in [-0.3, -0.25) is 0 Å². The van der Waals surface area contributed by atoms with Gasteiger partial charge in [0.1, 0.15) is 16.7 Å². The highest BCUT2D eigenvalue weighted by Gasteiger charge is 2.20. The van der Waals surface area contributed by atoms with Crippen molar-refractivity contribution >= 4 is 32.9 Å². The number of furan rings is 1. The number of hydrogen-bond donors (Lipinski definition) is 1. The number of hydrogen-bond acceptors (Lipinski definition) is 6. The van der Waals surface area contributed by atoms with Crippen molar-refractivity contribution in [2.45, 2.75) is 0 Å². The minimum atomic E-state index is -0.555. The van der Waals surface area contributed by atoms with Crippen molar-refractivity contribution in [3.63, 3.8) is 0 Å². The molecule has 0 amide bonds. The smallest absolute Gasteiger partial charge is 0.348 e. The predicted molar refractivity (Wildman–Crippen MR) is 84.5 cm³/mol. The number of methoxy groups -OCH3 is 2. The van der Waals surface area contributed by atoms with Crippen molar-refractivity contribution in [2.75, 3.05) is 14.2 Å². The van der Waals surface area contributed by atoms with Gasteiger partial charge in [-0.15, -0.1) is 0 Å². The molecule has 0 aliphatic heterocycles. The fourth-order valence-corrected chi connectivity index (χ4v) is 2.77. The topological polar surface area (TPSA) is 82.0 Å². The molecule has 6 heteroatoms. The van der Waals surface area contributed by atoms with Gasteiger partial charge in [-0.05, 0) is 24.3 Å². The van der Waals surface area contributed by atoms with Gasteiger partial charge in [0.25, 0.3) is 0 Å². The number of benzene rings is 2. The molecule has 0 fully saturated rings. The standard InChI is InChI=1S/C17H12O6/c1-20-8-3-4-9-12(7-8)22-14-10-5-6-11(18)16(21-2)15(10)23-17(19)13(9)14/h3-7,18H,1-2H3. The normalized spacial score (nSPS) is 11.4. The Labute approximate surface area is 129 Å². The SMILES string of the molecule is COc1ccc2c(c1)oc1c3ccc(O)c(OC)c3oc(=O)c21. The van der Waals surface area contributed by atoms with Crippen LogP contribution >= 0.6 is 0 Å². The van der Waals surface area contributed by atoms with Crippen LogP contribution in [0.4, 0.5) is 0 Å². The Bertz CT molecular complexity index is 1120. The molecule has 4 aromatic rings. The monoisotopic (exact) mass is 312 g/mol. The van der Waals surface area contributed by atoms with E-state index in [-0.39, 0.29) is 17.1 Å². The van der Waals surface area contributed by atoms with E-state index >= 15 is 0 Å². The van der Waals surface area contributed by atoms with Crippen LogP contribution in [0.5, 0.6) is 17.2 Å². The molecule has 0 aliphatic rings. The van der Waals surface area contributed by atoms with Crippen LogP contribution in [-0.2, 0) is 0 Å². The first-order valence-electron chi connectivity index (χ1n) is 6.87. The second-order valence-corrected chi connectivity index (χ2v) is 5.05. The fraction of sp³-hybridized carbons (Fsp3) is 0.118. The first-order valence-corrected chi connectivity index (χ1v) is 6.87. The summed E-state index contributed by atoms with van der Waals surface area (Å²) < 4.78 is 21.5. The Balaban J connectivity index is 2.24. The van der Waals surface area contributed by atoms with Crippen LogP contribution in [0.25, 0.3) is 32.9 Å². The van der Waals surface area contributed by atoms with Crippen LogP contribution in [-0.4, -0.2) is 19.3 Å². The molecule has 0 aliphatic carbocycles. The number of ether oxygens (including phenoxy) is 2. The molecule has 0 radical (unpaired) electrons. The number of fused-ring (bicyclic) bond motifs is 5. The quantitative estimate of drug-likeness (QED) is 0.571. The van der Waals surface area contributed by atoms with Crippen molar-refractivity contribution < 1.29 is 23.4 Å². The Morgan fingerprint density at radius 2 is 1.74 bits per heavy atom. The van der Waals surface area contributed by atoms with Crippen LogP contribution in [0.3, 0.4) is 0 Å². The maximum Gasteiger partial charge on any atom is 0.348 e. The Hall–Kier alpha value is -3.15. The highest BCUT2D eigenvalue weighted by Crippen LogP contribution is 2.39. The van der Waals surface area contributed by atoms with Crippen molar-refractivity contribution in [2.24, 2.45) is 0 Å². The van der Waals surface area contributed by atoms with Crippen molar-refractivity contribution in [3.8, 4) is 17.2 Å². The zero-order chi connectivity index (χ0) is 16.1. The third-order valence-corrected chi connectivity index (χ3v) is 3.84. The molecule has 0 saturated carbocycles. The van der Waals surface area contributed by atoms with Crippen molar-refractivity contribution in [1.82, 2.24) is 0 Å². The highest BCUT2D eigenvalue weighted by molar-refractivity contribution is 6.14. The van der Waals surface area contributed by atoms with Crippen LogP contribution in [0.15, 0.2) is 44.0 Å². The highest BCUT2D eigenvalue weighted by atomic mass is 16.5. The molecule has 116 valence electrons. The van der Waals surface area contributed by atoms with Crippen molar-refractivity contribution in [1.29, 1.82) is 0 Å². The molecular formula is C17H12O6. The van der Waals surface area contributed by atoms with Gasteiger partial charge in [0.05, 0.1) is 19.6 Å². The maximum absolute atomic E-state index is 12.4. The molecule has 0 saturated heterocycles.